The minimum absolute atomic E-state index is 0.00464. The van der Waals surface area contributed by atoms with Crippen molar-refractivity contribution >= 4 is 12.6 Å². The van der Waals surface area contributed by atoms with E-state index in [0.29, 0.717) is 30.2 Å². The zero-order valence-electron chi connectivity index (χ0n) is 9.63. The van der Waals surface area contributed by atoms with Gasteiger partial charge in [0.15, 0.2) is 11.5 Å². The molecule has 17 heavy (non-hydrogen) atoms. The molecule has 0 amide bonds. The summed E-state index contributed by atoms with van der Waals surface area (Å²) in [6.07, 6.45) is 0.824. The lowest BCUT2D eigenvalue weighted by Gasteiger charge is -2.15. The Hall–Kier alpha value is -1.24. The molecule has 1 aliphatic heterocycles. The minimum atomic E-state index is -1.51. The lowest BCUT2D eigenvalue weighted by Crippen LogP contribution is -2.30. The molecule has 1 saturated heterocycles. The predicted molar refractivity (Wildman–Crippen MR) is 62.7 cm³/mol. The summed E-state index contributed by atoms with van der Waals surface area (Å²) in [5, 5.41) is 18.2. The van der Waals surface area contributed by atoms with Crippen LogP contribution in [0.5, 0.6) is 11.5 Å². The van der Waals surface area contributed by atoms with Crippen LogP contribution in [0.3, 0.4) is 0 Å². The number of ether oxygens (including phenoxy) is 3. The molecule has 0 radical (unpaired) electrons. The van der Waals surface area contributed by atoms with Crippen molar-refractivity contribution in [2.24, 2.45) is 0 Å². The number of rotatable bonds is 4. The van der Waals surface area contributed by atoms with E-state index in [1.54, 1.807) is 25.3 Å². The van der Waals surface area contributed by atoms with Crippen molar-refractivity contribution in [1.29, 1.82) is 0 Å². The first kappa shape index (κ1) is 12.2. The average molecular weight is 238 g/mol. The van der Waals surface area contributed by atoms with Gasteiger partial charge in [0.2, 0.25) is 0 Å². The number of methoxy groups -OCH3 is 1. The van der Waals surface area contributed by atoms with Gasteiger partial charge >= 0.3 is 7.12 Å². The second-order valence-corrected chi connectivity index (χ2v) is 3.89. The van der Waals surface area contributed by atoms with E-state index in [1.165, 1.54) is 0 Å². The largest absolute Gasteiger partial charge is 0.493 e. The van der Waals surface area contributed by atoms with Crippen molar-refractivity contribution in [3.63, 3.8) is 0 Å². The van der Waals surface area contributed by atoms with Gasteiger partial charge in [0.1, 0.15) is 6.10 Å². The molecule has 0 aromatic heterocycles. The minimum Gasteiger partial charge on any atom is -0.493 e. The molecule has 1 heterocycles. The van der Waals surface area contributed by atoms with Crippen LogP contribution in [0, 0.1) is 0 Å². The van der Waals surface area contributed by atoms with Gasteiger partial charge in [-0.25, -0.2) is 0 Å². The van der Waals surface area contributed by atoms with Gasteiger partial charge in [-0.15, -0.1) is 0 Å². The summed E-state index contributed by atoms with van der Waals surface area (Å²) in [6, 6.07) is 4.81. The molecule has 2 N–H and O–H groups in total. The van der Waals surface area contributed by atoms with Gasteiger partial charge in [-0.1, -0.05) is 6.07 Å². The molecule has 6 heteroatoms. The summed E-state index contributed by atoms with van der Waals surface area (Å²) in [5.74, 6) is 1.08. The molecule has 1 aromatic rings. The van der Waals surface area contributed by atoms with Crippen molar-refractivity contribution in [3.8, 4) is 11.5 Å². The standard InChI is InChI=1S/C11H15BO5/c1-15-10-3-2-8(12(13)14)6-11(10)17-9-4-5-16-7-9/h2-3,6,9,13-14H,4-5,7H2,1H3. The van der Waals surface area contributed by atoms with Crippen molar-refractivity contribution in [2.45, 2.75) is 12.5 Å². The van der Waals surface area contributed by atoms with Gasteiger partial charge in [-0.3, -0.25) is 0 Å². The van der Waals surface area contributed by atoms with Gasteiger partial charge in [-0.2, -0.15) is 0 Å². The highest BCUT2D eigenvalue weighted by Crippen LogP contribution is 2.27. The number of hydrogen-bond acceptors (Lipinski definition) is 5. The molecule has 5 nitrogen and oxygen atoms in total. The Balaban J connectivity index is 2.19. The molecular formula is C11H15BO5. The smallest absolute Gasteiger partial charge is 0.488 e. The van der Waals surface area contributed by atoms with E-state index in [4.69, 9.17) is 24.3 Å². The lowest BCUT2D eigenvalue weighted by molar-refractivity contribution is 0.139. The fraction of sp³-hybridized carbons (Fsp3) is 0.455. The Labute approximate surface area is 100 Å². The predicted octanol–water partition coefficient (Wildman–Crippen LogP) is -0.457. The molecule has 1 aromatic carbocycles. The van der Waals surface area contributed by atoms with Crippen LogP contribution in [-0.2, 0) is 4.74 Å². The third-order valence-corrected chi connectivity index (χ3v) is 2.67. The zero-order chi connectivity index (χ0) is 12.3. The first-order valence-corrected chi connectivity index (χ1v) is 5.49. The monoisotopic (exact) mass is 238 g/mol. The van der Waals surface area contributed by atoms with E-state index < -0.39 is 7.12 Å². The summed E-state index contributed by atoms with van der Waals surface area (Å²) >= 11 is 0. The summed E-state index contributed by atoms with van der Waals surface area (Å²) in [4.78, 5) is 0. The molecule has 2 rings (SSSR count). The molecular weight excluding hydrogens is 223 g/mol. The fourth-order valence-electron chi connectivity index (χ4n) is 1.73. The summed E-state index contributed by atoms with van der Waals surface area (Å²) in [6.45, 7) is 1.24. The Morgan fingerprint density at radius 3 is 2.76 bits per heavy atom. The Bertz CT molecular complexity index is 376. The van der Waals surface area contributed by atoms with Crippen molar-refractivity contribution in [3.05, 3.63) is 18.2 Å². The van der Waals surface area contributed by atoms with Crippen LogP contribution in [0.4, 0.5) is 0 Å². The molecule has 92 valence electrons. The van der Waals surface area contributed by atoms with E-state index in [-0.39, 0.29) is 6.10 Å². The fourth-order valence-corrected chi connectivity index (χ4v) is 1.73. The van der Waals surface area contributed by atoms with Crippen LogP contribution in [0.15, 0.2) is 18.2 Å². The third kappa shape index (κ3) is 2.91. The van der Waals surface area contributed by atoms with Crippen molar-refractivity contribution in [1.82, 2.24) is 0 Å². The molecule has 1 atom stereocenters. The number of benzene rings is 1. The van der Waals surface area contributed by atoms with Gasteiger partial charge in [0.25, 0.3) is 0 Å². The quantitative estimate of drug-likeness (QED) is 0.695. The van der Waals surface area contributed by atoms with E-state index in [1.807, 2.05) is 0 Å². The highest BCUT2D eigenvalue weighted by molar-refractivity contribution is 6.58. The summed E-state index contributed by atoms with van der Waals surface area (Å²) < 4.78 is 16.1. The molecule has 1 aliphatic rings. The molecule has 0 saturated carbocycles. The average Bonchev–Trinajstić information content (AvgIpc) is 2.81. The van der Waals surface area contributed by atoms with Crippen LogP contribution in [0.1, 0.15) is 6.42 Å². The normalized spacial score (nSPS) is 19.1. The van der Waals surface area contributed by atoms with Crippen LogP contribution in [-0.4, -0.2) is 43.6 Å². The van der Waals surface area contributed by atoms with Crippen LogP contribution in [0.25, 0.3) is 0 Å². The zero-order valence-corrected chi connectivity index (χ0v) is 9.63. The van der Waals surface area contributed by atoms with E-state index in [0.717, 1.165) is 6.42 Å². The SMILES string of the molecule is COc1ccc(B(O)O)cc1OC1CCOC1. The van der Waals surface area contributed by atoms with E-state index in [9.17, 15) is 0 Å². The van der Waals surface area contributed by atoms with Gasteiger partial charge in [0, 0.05) is 6.42 Å². The maximum Gasteiger partial charge on any atom is 0.488 e. The third-order valence-electron chi connectivity index (χ3n) is 2.67. The summed E-state index contributed by atoms with van der Waals surface area (Å²) in [7, 11) is 0.0330. The van der Waals surface area contributed by atoms with Gasteiger partial charge in [-0.05, 0) is 17.6 Å². The van der Waals surface area contributed by atoms with Gasteiger partial charge < -0.3 is 24.3 Å². The first-order valence-electron chi connectivity index (χ1n) is 5.49. The maximum absolute atomic E-state index is 9.11. The van der Waals surface area contributed by atoms with Gasteiger partial charge in [0.05, 0.1) is 20.3 Å². The molecule has 0 spiro atoms. The van der Waals surface area contributed by atoms with Crippen molar-refractivity contribution in [2.75, 3.05) is 20.3 Å². The Morgan fingerprint density at radius 2 is 2.18 bits per heavy atom. The highest BCUT2D eigenvalue weighted by atomic mass is 16.6. The molecule has 0 bridgehead atoms. The maximum atomic E-state index is 9.11. The van der Waals surface area contributed by atoms with Crippen LogP contribution in [0.2, 0.25) is 0 Å². The second kappa shape index (κ2) is 5.40. The first-order chi connectivity index (χ1) is 8.20. The van der Waals surface area contributed by atoms with E-state index >= 15 is 0 Å². The molecule has 1 unspecified atom stereocenters. The highest BCUT2D eigenvalue weighted by Gasteiger charge is 2.20. The van der Waals surface area contributed by atoms with E-state index in [2.05, 4.69) is 0 Å². The topological polar surface area (TPSA) is 68.2 Å². The number of hydrogen-bond donors (Lipinski definition) is 2. The molecule has 1 fully saturated rings. The summed E-state index contributed by atoms with van der Waals surface area (Å²) in [5.41, 5.74) is 0.375. The Morgan fingerprint density at radius 1 is 1.35 bits per heavy atom. The Kier molecular flexibility index (Phi) is 3.88. The molecule has 0 aliphatic carbocycles. The lowest BCUT2D eigenvalue weighted by atomic mass is 9.80. The van der Waals surface area contributed by atoms with Crippen LogP contribution < -0.4 is 14.9 Å². The second-order valence-electron chi connectivity index (χ2n) is 3.89. The van der Waals surface area contributed by atoms with Crippen molar-refractivity contribution < 1.29 is 24.3 Å². The van der Waals surface area contributed by atoms with Crippen LogP contribution >= 0.6 is 0 Å².